The van der Waals surface area contributed by atoms with Gasteiger partial charge in [-0.3, -0.25) is 29.5 Å². The SMILES string of the molecule is CCOc1cc(C(C)(C)C)ccc1C(=N[C@@](C)(c1ccc(Cl)cc1)[C@@H](C)c1ccc(Cl)cc1)NC(=O)N1CCN(CCOCCOCCC(=O)CCCn2nc(C#N)c3c2CN(C)C(=O)c2ccc(F)cc2[C@H]2CCCN2c2nc-3cnc2N)CC1. The van der Waals surface area contributed by atoms with Gasteiger partial charge < -0.3 is 34.6 Å². The number of rotatable bonds is 20. The molecular formula is C65H77Cl2FN12O6. The summed E-state index contributed by atoms with van der Waals surface area (Å²) in [5, 5.41) is 19.5. The van der Waals surface area contributed by atoms with Crippen LogP contribution >= 0.6 is 23.2 Å². The van der Waals surface area contributed by atoms with Crippen molar-refractivity contribution in [1.29, 1.82) is 5.26 Å². The lowest BCUT2D eigenvalue weighted by atomic mass is 9.77. The van der Waals surface area contributed by atoms with Crippen molar-refractivity contribution in [2.45, 2.75) is 110 Å². The molecule has 2 aromatic heterocycles. The summed E-state index contributed by atoms with van der Waals surface area (Å²) < 4.78 is 34.5. The van der Waals surface area contributed by atoms with E-state index in [1.165, 1.54) is 29.3 Å². The number of nitrogens with zero attached hydrogens (tertiary/aromatic N) is 10. The van der Waals surface area contributed by atoms with Crippen LogP contribution in [0.3, 0.4) is 0 Å². The zero-order chi connectivity index (χ0) is 61.3. The highest BCUT2D eigenvalue weighted by Crippen LogP contribution is 2.44. The van der Waals surface area contributed by atoms with E-state index in [2.05, 4.69) is 67.1 Å². The predicted octanol–water partition coefficient (Wildman–Crippen LogP) is 11.1. The van der Waals surface area contributed by atoms with E-state index in [-0.39, 0.29) is 79.1 Å². The largest absolute Gasteiger partial charge is 0.493 e. The average molecular weight is 1210 g/mol. The molecule has 0 aliphatic carbocycles. The highest BCUT2D eigenvalue weighted by Gasteiger charge is 2.38. The average Bonchev–Trinajstić information content (AvgIpc) is 1.45. The summed E-state index contributed by atoms with van der Waals surface area (Å²) >= 11 is 12.8. The van der Waals surface area contributed by atoms with E-state index in [9.17, 15) is 24.0 Å². The van der Waals surface area contributed by atoms with Crippen molar-refractivity contribution in [3.63, 3.8) is 0 Å². The fourth-order valence-corrected chi connectivity index (χ4v) is 11.7. The zero-order valence-corrected chi connectivity index (χ0v) is 51.7. The molecule has 3 atom stereocenters. The number of hydrogen-bond donors (Lipinski definition) is 2. The molecule has 454 valence electrons. The Morgan fingerprint density at radius 2 is 1.59 bits per heavy atom. The molecule has 0 unspecified atom stereocenters. The van der Waals surface area contributed by atoms with Crippen LogP contribution in [0.15, 0.2) is 96.1 Å². The molecule has 6 aromatic rings. The number of aromatic nitrogens is 4. The van der Waals surface area contributed by atoms with Gasteiger partial charge in [0.1, 0.15) is 29.3 Å². The van der Waals surface area contributed by atoms with Crippen molar-refractivity contribution >= 4 is 58.4 Å². The Kier molecular flexibility index (Phi) is 20.5. The van der Waals surface area contributed by atoms with Crippen molar-refractivity contribution in [3.8, 4) is 23.1 Å². The number of piperazine rings is 1. The van der Waals surface area contributed by atoms with Gasteiger partial charge in [0, 0.05) is 87.2 Å². The van der Waals surface area contributed by atoms with Crippen LogP contribution in [-0.2, 0) is 38.3 Å². The van der Waals surface area contributed by atoms with Crippen LogP contribution in [0.2, 0.25) is 10.0 Å². The Morgan fingerprint density at radius 1 is 0.895 bits per heavy atom. The van der Waals surface area contributed by atoms with Crippen molar-refractivity contribution in [3.05, 3.63) is 152 Å². The topological polar surface area (TPSA) is 210 Å². The molecule has 2 bridgehead atoms. The molecule has 0 radical (unpaired) electrons. The number of urea groups is 1. The van der Waals surface area contributed by atoms with E-state index in [1.807, 2.05) is 77.4 Å². The van der Waals surface area contributed by atoms with Gasteiger partial charge in [-0.2, -0.15) is 10.4 Å². The number of carbonyl (C=O) groups excluding carboxylic acids is 3. The summed E-state index contributed by atoms with van der Waals surface area (Å²) in [6.45, 7) is 18.3. The number of amides is 3. The Morgan fingerprint density at radius 3 is 2.29 bits per heavy atom. The first-order valence-corrected chi connectivity index (χ1v) is 30.3. The van der Waals surface area contributed by atoms with Gasteiger partial charge in [0.15, 0.2) is 17.3 Å². The molecule has 3 amide bonds. The molecule has 3 aliphatic rings. The van der Waals surface area contributed by atoms with E-state index < -0.39 is 11.4 Å². The van der Waals surface area contributed by atoms with Gasteiger partial charge in [-0.1, -0.05) is 81.2 Å². The van der Waals surface area contributed by atoms with Crippen LogP contribution in [0.5, 0.6) is 5.75 Å². The molecule has 5 heterocycles. The molecule has 0 spiro atoms. The van der Waals surface area contributed by atoms with Gasteiger partial charge in [0.25, 0.3) is 5.91 Å². The van der Waals surface area contributed by atoms with Crippen molar-refractivity contribution in [2.75, 3.05) is 90.0 Å². The first-order chi connectivity index (χ1) is 41.3. The van der Waals surface area contributed by atoms with Crippen LogP contribution in [0.4, 0.5) is 20.8 Å². The highest BCUT2D eigenvalue weighted by atomic mass is 35.5. The number of halogens is 3. The maximum absolute atomic E-state index is 14.8. The van der Waals surface area contributed by atoms with E-state index in [1.54, 1.807) is 11.7 Å². The first-order valence-electron chi connectivity index (χ1n) is 29.5. The number of ketones is 1. The summed E-state index contributed by atoms with van der Waals surface area (Å²) in [7, 11) is 1.66. The number of fused-ring (bicyclic) bond motifs is 8. The van der Waals surface area contributed by atoms with E-state index in [0.29, 0.717) is 140 Å². The fraction of sp³-hybridized carbons (Fsp3) is 0.446. The second kappa shape index (κ2) is 27.9. The second-order valence-corrected chi connectivity index (χ2v) is 24.2. The van der Waals surface area contributed by atoms with Crippen LogP contribution < -0.4 is 20.7 Å². The molecule has 9 rings (SSSR count). The van der Waals surface area contributed by atoms with Crippen molar-refractivity contribution in [2.24, 2.45) is 4.99 Å². The highest BCUT2D eigenvalue weighted by molar-refractivity contribution is 6.30. The number of nitrogens with one attached hydrogen (secondary N) is 1. The fourth-order valence-electron chi connectivity index (χ4n) is 11.5. The number of aryl methyl sites for hydroxylation is 1. The quantitative estimate of drug-likeness (QED) is 0.0415. The third-order valence-electron chi connectivity index (χ3n) is 16.6. The maximum Gasteiger partial charge on any atom is 0.323 e. The van der Waals surface area contributed by atoms with Gasteiger partial charge in [-0.25, -0.2) is 19.2 Å². The third-order valence-corrected chi connectivity index (χ3v) is 17.1. The number of amidine groups is 1. The molecule has 3 aliphatic heterocycles. The summed E-state index contributed by atoms with van der Waals surface area (Å²) in [5.74, 6) is 0.664. The first kappa shape index (κ1) is 63.0. The zero-order valence-electron chi connectivity index (χ0n) is 50.2. The van der Waals surface area contributed by atoms with Crippen LogP contribution in [0.1, 0.15) is 135 Å². The minimum Gasteiger partial charge on any atom is -0.493 e. The lowest BCUT2D eigenvalue weighted by molar-refractivity contribution is -0.120. The maximum atomic E-state index is 14.8. The normalized spacial score (nSPS) is 16.7. The van der Waals surface area contributed by atoms with Gasteiger partial charge in [-0.15, -0.1) is 0 Å². The van der Waals surface area contributed by atoms with Crippen LogP contribution in [0.25, 0.3) is 11.3 Å². The summed E-state index contributed by atoms with van der Waals surface area (Å²) in [5.41, 5.74) is 11.5. The smallest absolute Gasteiger partial charge is 0.323 e. The monoisotopic (exact) mass is 1210 g/mol. The molecule has 18 nitrogen and oxygen atoms in total. The van der Waals surface area contributed by atoms with Crippen molar-refractivity contribution < 1.29 is 33.0 Å². The lowest BCUT2D eigenvalue weighted by Crippen LogP contribution is -2.53. The number of nitrogen functional groups attached to an aromatic ring is 1. The van der Waals surface area contributed by atoms with Gasteiger partial charge in [-0.05, 0) is 115 Å². The number of aliphatic imine (C=N–C) groups is 1. The Balaban J connectivity index is 0.758. The van der Waals surface area contributed by atoms with Gasteiger partial charge in [0.05, 0.1) is 79.9 Å². The molecule has 2 fully saturated rings. The summed E-state index contributed by atoms with van der Waals surface area (Å²) in [4.78, 5) is 64.3. The number of nitrogens with two attached hydrogens (primary N) is 1. The number of Topliss-reactive ketones (excluding diaryl/α,β-unsaturated/α-hetero) is 1. The van der Waals surface area contributed by atoms with E-state index in [4.69, 9.17) is 53.1 Å². The molecule has 4 aromatic carbocycles. The number of nitriles is 1. The van der Waals surface area contributed by atoms with Crippen LogP contribution in [0, 0.1) is 17.1 Å². The molecule has 0 saturated carbocycles. The molecular weight excluding hydrogens is 1130 g/mol. The molecule has 3 N–H and O–H groups in total. The van der Waals surface area contributed by atoms with Gasteiger partial charge >= 0.3 is 6.03 Å². The number of benzene rings is 4. The number of hydrogen-bond acceptors (Lipinski definition) is 14. The third kappa shape index (κ3) is 14.7. The standard InChI is InChI=1S/C65H77Cl2FN12O6/c1-8-86-57-37-45(64(3,4)5)17-23-51(57)60(74-65(6,44-15-20-47(67)21-16-44)42(2)43-13-18-46(66)19-14-43)73-63(83)78-30-28-77(29-31-78)32-34-85-36-35-84-33-25-49(81)11-9-27-80-56-41-76(7)62(82)50-24-22-48(68)38-52(50)55-12-10-26-79(55)61-59(70)71-40-54(72-61)58(56)53(39-69)75-80/h13-24,37-38,40,42,55H,8-12,25-36,41H2,1-7H3,(H2,70,71)(H,73,74,83)/t42-,55+,65+/m0/s1. The molecule has 2 saturated heterocycles. The Hall–Kier alpha value is -7.47. The van der Waals surface area contributed by atoms with E-state index >= 15 is 0 Å². The molecule has 21 heteroatoms. The van der Waals surface area contributed by atoms with Crippen molar-refractivity contribution in [1.82, 2.24) is 39.8 Å². The minimum atomic E-state index is -0.894. The summed E-state index contributed by atoms with van der Waals surface area (Å²) in [6, 6.07) is 27.3. The Bertz CT molecular complexity index is 3470. The number of ether oxygens (including phenoxy) is 3. The number of carbonyl (C=O) groups is 3. The van der Waals surface area contributed by atoms with E-state index in [0.717, 1.165) is 23.1 Å². The van der Waals surface area contributed by atoms with Crippen LogP contribution in [-0.4, -0.2) is 137 Å². The Labute approximate surface area is 513 Å². The minimum absolute atomic E-state index is 0.00866. The number of anilines is 2. The van der Waals surface area contributed by atoms with Gasteiger partial charge in [0.2, 0.25) is 0 Å². The predicted molar refractivity (Wildman–Crippen MR) is 332 cm³/mol. The summed E-state index contributed by atoms with van der Waals surface area (Å²) in [6.07, 6.45) is 3.80. The molecule has 86 heavy (non-hydrogen) atoms. The second-order valence-electron chi connectivity index (χ2n) is 23.4. The lowest BCUT2D eigenvalue weighted by Gasteiger charge is -2.36.